The van der Waals surface area contributed by atoms with Gasteiger partial charge in [-0.15, -0.1) is 0 Å². The van der Waals surface area contributed by atoms with Gasteiger partial charge in [-0.25, -0.2) is 9.97 Å². The predicted molar refractivity (Wildman–Crippen MR) is 53.8 cm³/mol. The number of nitrogens with two attached hydrogens (primary N) is 1. The van der Waals surface area contributed by atoms with Gasteiger partial charge in [0.05, 0.1) is 5.52 Å². The highest BCUT2D eigenvalue weighted by molar-refractivity contribution is 6.58. The van der Waals surface area contributed by atoms with Crippen LogP contribution in [0.3, 0.4) is 0 Å². The van der Waals surface area contributed by atoms with Gasteiger partial charge in [0.1, 0.15) is 12.1 Å². The van der Waals surface area contributed by atoms with E-state index in [0.29, 0.717) is 22.2 Å². The highest BCUT2D eigenvalue weighted by Gasteiger charge is 2.12. The molecule has 0 bridgehead atoms. The molecule has 0 amide bonds. The van der Waals surface area contributed by atoms with Gasteiger partial charge < -0.3 is 15.8 Å². The number of aromatic nitrogens is 2. The maximum Gasteiger partial charge on any atom is 0.488 e. The molecule has 0 atom stereocenters. The molecule has 5 nitrogen and oxygen atoms in total. The first-order chi connectivity index (χ1) is 6.68. The van der Waals surface area contributed by atoms with E-state index in [2.05, 4.69) is 9.97 Å². The van der Waals surface area contributed by atoms with Crippen molar-refractivity contribution < 1.29 is 10.0 Å². The fraction of sp³-hybridized carbons (Fsp3) is 0. The van der Waals surface area contributed by atoms with Crippen LogP contribution in [0.2, 0.25) is 0 Å². The summed E-state index contributed by atoms with van der Waals surface area (Å²) in [5.74, 6) is 0.331. The number of anilines is 1. The van der Waals surface area contributed by atoms with Crippen molar-refractivity contribution in [1.82, 2.24) is 9.97 Å². The molecule has 0 aliphatic rings. The zero-order valence-electron chi connectivity index (χ0n) is 7.25. The second-order valence-corrected chi connectivity index (χ2v) is 2.91. The van der Waals surface area contributed by atoms with E-state index < -0.39 is 7.12 Å². The summed E-state index contributed by atoms with van der Waals surface area (Å²) >= 11 is 0. The van der Waals surface area contributed by atoms with E-state index in [1.165, 1.54) is 6.33 Å². The van der Waals surface area contributed by atoms with Gasteiger partial charge in [-0.1, -0.05) is 6.07 Å². The Labute approximate surface area is 80.4 Å². The maximum atomic E-state index is 8.95. The summed E-state index contributed by atoms with van der Waals surface area (Å²) in [7, 11) is -1.50. The Balaban J connectivity index is 2.70. The predicted octanol–water partition coefficient (Wildman–Crippen LogP) is -1.11. The number of nitrogen functional groups attached to an aromatic ring is 1. The SMILES string of the molecule is Nc1ncnc2ccc(B(O)O)cc12. The van der Waals surface area contributed by atoms with Crippen molar-refractivity contribution in [3.8, 4) is 0 Å². The van der Waals surface area contributed by atoms with Crippen LogP contribution in [0.4, 0.5) is 5.82 Å². The van der Waals surface area contributed by atoms with Crippen LogP contribution in [0.25, 0.3) is 10.9 Å². The number of fused-ring (bicyclic) bond motifs is 1. The molecular weight excluding hydrogens is 181 g/mol. The molecule has 0 fully saturated rings. The van der Waals surface area contributed by atoms with Crippen LogP contribution in [-0.4, -0.2) is 27.1 Å². The summed E-state index contributed by atoms with van der Waals surface area (Å²) < 4.78 is 0. The first kappa shape index (κ1) is 8.92. The van der Waals surface area contributed by atoms with Crippen molar-refractivity contribution in [2.75, 3.05) is 5.73 Å². The molecule has 6 heteroatoms. The van der Waals surface area contributed by atoms with Crippen LogP contribution in [0, 0.1) is 0 Å². The molecular formula is C8H8BN3O2. The van der Waals surface area contributed by atoms with Crippen molar-refractivity contribution in [1.29, 1.82) is 0 Å². The minimum absolute atomic E-state index is 0.331. The number of nitrogens with zero attached hydrogens (tertiary/aromatic N) is 2. The van der Waals surface area contributed by atoms with Gasteiger partial charge >= 0.3 is 7.12 Å². The van der Waals surface area contributed by atoms with Crippen LogP contribution in [0.15, 0.2) is 24.5 Å². The lowest BCUT2D eigenvalue weighted by atomic mass is 9.80. The number of hydrogen-bond acceptors (Lipinski definition) is 5. The van der Waals surface area contributed by atoms with E-state index in [-0.39, 0.29) is 0 Å². The summed E-state index contributed by atoms with van der Waals surface area (Å²) in [5.41, 5.74) is 6.67. The third kappa shape index (κ3) is 1.41. The summed E-state index contributed by atoms with van der Waals surface area (Å²) in [6.07, 6.45) is 1.37. The van der Waals surface area contributed by atoms with Gasteiger partial charge in [-0.3, -0.25) is 0 Å². The number of rotatable bonds is 1. The second-order valence-electron chi connectivity index (χ2n) is 2.91. The smallest absolute Gasteiger partial charge is 0.423 e. The number of hydrogen-bond donors (Lipinski definition) is 3. The quantitative estimate of drug-likeness (QED) is 0.494. The molecule has 4 N–H and O–H groups in total. The zero-order chi connectivity index (χ0) is 10.1. The Morgan fingerprint density at radius 3 is 2.71 bits per heavy atom. The molecule has 1 aromatic heterocycles. The lowest BCUT2D eigenvalue weighted by Crippen LogP contribution is -2.29. The Hall–Kier alpha value is -1.66. The van der Waals surface area contributed by atoms with Gasteiger partial charge in [0.15, 0.2) is 0 Å². The third-order valence-electron chi connectivity index (χ3n) is 1.99. The molecule has 70 valence electrons. The number of benzene rings is 1. The fourth-order valence-corrected chi connectivity index (χ4v) is 1.25. The van der Waals surface area contributed by atoms with E-state index in [1.807, 2.05) is 0 Å². The van der Waals surface area contributed by atoms with Gasteiger partial charge in [0, 0.05) is 5.39 Å². The van der Waals surface area contributed by atoms with E-state index in [0.717, 1.165) is 0 Å². The second kappa shape index (κ2) is 3.24. The molecule has 2 aromatic rings. The lowest BCUT2D eigenvalue weighted by molar-refractivity contribution is 0.426. The van der Waals surface area contributed by atoms with Crippen molar-refractivity contribution in [3.05, 3.63) is 24.5 Å². The van der Waals surface area contributed by atoms with Crippen molar-refractivity contribution in [2.24, 2.45) is 0 Å². The molecule has 0 unspecified atom stereocenters. The Kier molecular flexibility index (Phi) is 2.07. The highest BCUT2D eigenvalue weighted by Crippen LogP contribution is 2.13. The summed E-state index contributed by atoms with van der Waals surface area (Å²) in [4.78, 5) is 7.80. The average Bonchev–Trinajstić information content (AvgIpc) is 2.18. The van der Waals surface area contributed by atoms with E-state index in [4.69, 9.17) is 15.8 Å². The molecule has 1 aromatic carbocycles. The zero-order valence-corrected chi connectivity index (χ0v) is 7.25. The molecule has 14 heavy (non-hydrogen) atoms. The van der Waals surface area contributed by atoms with Gasteiger partial charge in [-0.2, -0.15) is 0 Å². The van der Waals surface area contributed by atoms with Crippen LogP contribution in [0.1, 0.15) is 0 Å². The van der Waals surface area contributed by atoms with Crippen LogP contribution in [-0.2, 0) is 0 Å². The topological polar surface area (TPSA) is 92.3 Å². The van der Waals surface area contributed by atoms with Crippen molar-refractivity contribution in [2.45, 2.75) is 0 Å². The third-order valence-corrected chi connectivity index (χ3v) is 1.99. The standard InChI is InChI=1S/C8H8BN3O2/c10-8-6-3-5(9(13)14)1-2-7(6)11-4-12-8/h1-4,13-14H,(H2,10,11,12). The van der Waals surface area contributed by atoms with E-state index in [9.17, 15) is 0 Å². The molecule has 2 rings (SSSR count). The highest BCUT2D eigenvalue weighted by atomic mass is 16.4. The van der Waals surface area contributed by atoms with E-state index >= 15 is 0 Å². The van der Waals surface area contributed by atoms with Crippen LogP contribution in [0.5, 0.6) is 0 Å². The van der Waals surface area contributed by atoms with Crippen LogP contribution >= 0.6 is 0 Å². The van der Waals surface area contributed by atoms with Gasteiger partial charge in [0.25, 0.3) is 0 Å². The molecule has 0 spiro atoms. The summed E-state index contributed by atoms with van der Waals surface area (Å²) in [6, 6.07) is 4.82. The molecule has 1 heterocycles. The Morgan fingerprint density at radius 1 is 1.21 bits per heavy atom. The Morgan fingerprint density at radius 2 is 2.00 bits per heavy atom. The first-order valence-electron chi connectivity index (χ1n) is 4.05. The Bertz CT molecular complexity index is 475. The van der Waals surface area contributed by atoms with Gasteiger partial charge in [0.2, 0.25) is 0 Å². The minimum atomic E-state index is -1.50. The molecule has 0 radical (unpaired) electrons. The lowest BCUT2D eigenvalue weighted by Gasteiger charge is -2.03. The average molecular weight is 189 g/mol. The van der Waals surface area contributed by atoms with Gasteiger partial charge in [-0.05, 0) is 17.6 Å². The molecule has 0 aliphatic carbocycles. The minimum Gasteiger partial charge on any atom is -0.423 e. The molecule has 0 saturated carbocycles. The van der Waals surface area contributed by atoms with Crippen molar-refractivity contribution in [3.63, 3.8) is 0 Å². The summed E-state index contributed by atoms with van der Waals surface area (Å²) in [5, 5.41) is 18.5. The molecule has 0 aliphatic heterocycles. The summed E-state index contributed by atoms with van der Waals surface area (Å²) in [6.45, 7) is 0. The molecule has 0 saturated heterocycles. The monoisotopic (exact) mass is 189 g/mol. The van der Waals surface area contributed by atoms with E-state index in [1.54, 1.807) is 18.2 Å². The van der Waals surface area contributed by atoms with Crippen LogP contribution < -0.4 is 11.2 Å². The normalized spacial score (nSPS) is 10.4. The largest absolute Gasteiger partial charge is 0.488 e. The maximum absolute atomic E-state index is 8.95. The first-order valence-corrected chi connectivity index (χ1v) is 4.05. The van der Waals surface area contributed by atoms with Crippen molar-refractivity contribution >= 4 is 29.3 Å². The fourth-order valence-electron chi connectivity index (χ4n) is 1.25.